The molecular formula is C14H13N3O2S2. The summed E-state index contributed by atoms with van der Waals surface area (Å²) in [6, 6.07) is 3.82. The van der Waals surface area contributed by atoms with E-state index in [1.54, 1.807) is 10.8 Å². The van der Waals surface area contributed by atoms with Gasteiger partial charge in [0.05, 0.1) is 18.2 Å². The van der Waals surface area contributed by atoms with Gasteiger partial charge in [-0.15, -0.1) is 11.3 Å². The maximum atomic E-state index is 12.7. The maximum absolute atomic E-state index is 12.7. The summed E-state index contributed by atoms with van der Waals surface area (Å²) in [5.74, 6) is 0. The van der Waals surface area contributed by atoms with Gasteiger partial charge < -0.3 is 9.72 Å². The zero-order chi connectivity index (χ0) is 14.4. The Balaban J connectivity index is 1.94. The molecule has 3 aromatic heterocycles. The Morgan fingerprint density at radius 3 is 3.29 bits per heavy atom. The molecule has 1 saturated heterocycles. The van der Waals surface area contributed by atoms with Gasteiger partial charge in [0.1, 0.15) is 9.53 Å². The van der Waals surface area contributed by atoms with Crippen LogP contribution in [0.4, 0.5) is 0 Å². The molecule has 7 heteroatoms. The molecule has 1 aliphatic heterocycles. The number of ether oxygens (including phenoxy) is 1. The summed E-state index contributed by atoms with van der Waals surface area (Å²) in [5.41, 5.74) is 0.744. The summed E-state index contributed by atoms with van der Waals surface area (Å²) in [6.07, 6.45) is 3.85. The van der Waals surface area contributed by atoms with Crippen molar-refractivity contribution < 1.29 is 4.74 Å². The van der Waals surface area contributed by atoms with Crippen LogP contribution in [0.2, 0.25) is 0 Å². The number of fused-ring (bicyclic) bond motifs is 3. The highest BCUT2D eigenvalue weighted by Gasteiger charge is 2.19. The Morgan fingerprint density at radius 2 is 2.48 bits per heavy atom. The highest BCUT2D eigenvalue weighted by atomic mass is 32.1. The molecule has 0 aliphatic carbocycles. The number of nitrogens with zero attached hydrogens (tertiary/aromatic N) is 2. The summed E-state index contributed by atoms with van der Waals surface area (Å²) in [7, 11) is 0. The number of rotatable bonds is 2. The topological polar surface area (TPSA) is 59.9 Å². The van der Waals surface area contributed by atoms with Crippen LogP contribution in [0.1, 0.15) is 12.8 Å². The van der Waals surface area contributed by atoms with Gasteiger partial charge in [-0.3, -0.25) is 9.36 Å². The lowest BCUT2D eigenvalue weighted by atomic mass is 10.2. The number of thiophene rings is 1. The molecule has 4 rings (SSSR count). The summed E-state index contributed by atoms with van der Waals surface area (Å²) in [6.45, 7) is 1.29. The first-order chi connectivity index (χ1) is 10.2. The molecule has 1 N–H and O–H groups in total. The number of pyridine rings is 1. The van der Waals surface area contributed by atoms with Crippen molar-refractivity contribution in [1.82, 2.24) is 14.5 Å². The number of H-pyrrole nitrogens is 1. The molecule has 0 saturated carbocycles. The van der Waals surface area contributed by atoms with E-state index in [0.717, 1.165) is 35.2 Å². The molecule has 0 aromatic carbocycles. The van der Waals surface area contributed by atoms with Crippen LogP contribution in [0.3, 0.4) is 0 Å². The third-order valence-electron chi connectivity index (χ3n) is 3.79. The van der Waals surface area contributed by atoms with E-state index in [1.165, 1.54) is 11.3 Å². The molecule has 1 aliphatic rings. The average Bonchev–Trinajstić information content (AvgIpc) is 3.11. The molecule has 1 fully saturated rings. The van der Waals surface area contributed by atoms with Gasteiger partial charge in [-0.2, -0.15) is 0 Å². The molecule has 0 radical (unpaired) electrons. The van der Waals surface area contributed by atoms with Crippen molar-refractivity contribution in [3.8, 4) is 0 Å². The van der Waals surface area contributed by atoms with Gasteiger partial charge in [0.15, 0.2) is 4.77 Å². The Hall–Kier alpha value is -1.57. The minimum Gasteiger partial charge on any atom is -0.376 e. The molecule has 4 heterocycles. The zero-order valence-electron chi connectivity index (χ0n) is 11.2. The van der Waals surface area contributed by atoms with E-state index in [4.69, 9.17) is 17.0 Å². The van der Waals surface area contributed by atoms with Crippen molar-refractivity contribution in [2.75, 3.05) is 6.61 Å². The van der Waals surface area contributed by atoms with Crippen molar-refractivity contribution in [2.24, 2.45) is 0 Å². The quantitative estimate of drug-likeness (QED) is 0.738. The van der Waals surface area contributed by atoms with Gasteiger partial charge in [0.2, 0.25) is 0 Å². The second-order valence-electron chi connectivity index (χ2n) is 5.14. The lowest BCUT2D eigenvalue weighted by Crippen LogP contribution is -2.27. The van der Waals surface area contributed by atoms with Crippen molar-refractivity contribution in [2.45, 2.75) is 25.5 Å². The van der Waals surface area contributed by atoms with Crippen LogP contribution < -0.4 is 5.56 Å². The van der Waals surface area contributed by atoms with E-state index in [2.05, 4.69) is 9.97 Å². The molecule has 0 amide bonds. The van der Waals surface area contributed by atoms with Crippen LogP contribution >= 0.6 is 23.6 Å². The van der Waals surface area contributed by atoms with Crippen LogP contribution in [0.25, 0.3) is 20.4 Å². The molecule has 0 spiro atoms. The Kier molecular flexibility index (Phi) is 3.13. The van der Waals surface area contributed by atoms with E-state index >= 15 is 0 Å². The minimum atomic E-state index is -0.0488. The summed E-state index contributed by atoms with van der Waals surface area (Å²) >= 11 is 6.77. The first kappa shape index (κ1) is 13.1. The molecular weight excluding hydrogens is 306 g/mol. The van der Waals surface area contributed by atoms with E-state index < -0.39 is 0 Å². The van der Waals surface area contributed by atoms with Gasteiger partial charge in [0.25, 0.3) is 5.56 Å². The number of hydrogen-bond donors (Lipinski definition) is 1. The predicted octanol–water partition coefficient (Wildman–Crippen LogP) is 2.85. The fraction of sp³-hybridized carbons (Fsp3) is 0.357. The van der Waals surface area contributed by atoms with Crippen molar-refractivity contribution in [3.05, 3.63) is 33.5 Å². The first-order valence-corrected chi connectivity index (χ1v) is 8.08. The smallest absolute Gasteiger partial charge is 0.272 e. The lowest BCUT2D eigenvalue weighted by molar-refractivity contribution is 0.0957. The fourth-order valence-electron chi connectivity index (χ4n) is 2.75. The molecule has 1 atom stereocenters. The van der Waals surface area contributed by atoms with Crippen LogP contribution in [0.5, 0.6) is 0 Å². The van der Waals surface area contributed by atoms with E-state index in [1.807, 2.05) is 12.1 Å². The average molecular weight is 319 g/mol. The number of aromatic amines is 1. The Bertz CT molecular complexity index is 935. The second-order valence-corrected chi connectivity index (χ2v) is 6.53. The Morgan fingerprint density at radius 1 is 1.57 bits per heavy atom. The third kappa shape index (κ3) is 2.12. The highest BCUT2D eigenvalue weighted by molar-refractivity contribution is 7.71. The van der Waals surface area contributed by atoms with Gasteiger partial charge in [0, 0.05) is 18.2 Å². The molecule has 108 valence electrons. The first-order valence-electron chi connectivity index (χ1n) is 6.86. The molecule has 5 nitrogen and oxygen atoms in total. The molecule has 0 unspecified atom stereocenters. The number of hydrogen-bond acceptors (Lipinski definition) is 5. The zero-order valence-corrected chi connectivity index (χ0v) is 12.8. The fourth-order valence-corrected chi connectivity index (χ4v) is 4.06. The van der Waals surface area contributed by atoms with E-state index in [9.17, 15) is 4.79 Å². The lowest BCUT2D eigenvalue weighted by Gasteiger charge is -2.11. The van der Waals surface area contributed by atoms with E-state index in [0.29, 0.717) is 16.0 Å². The number of nitrogens with one attached hydrogen (secondary N) is 1. The van der Waals surface area contributed by atoms with Crippen molar-refractivity contribution in [3.63, 3.8) is 0 Å². The van der Waals surface area contributed by atoms with Gasteiger partial charge >= 0.3 is 0 Å². The Labute approximate surface area is 129 Å². The molecule has 21 heavy (non-hydrogen) atoms. The van der Waals surface area contributed by atoms with E-state index in [-0.39, 0.29) is 11.7 Å². The molecule has 0 bridgehead atoms. The number of aromatic nitrogens is 3. The van der Waals surface area contributed by atoms with Crippen LogP contribution in [-0.4, -0.2) is 27.2 Å². The third-order valence-corrected chi connectivity index (χ3v) is 5.22. The normalized spacial score (nSPS) is 18.8. The predicted molar refractivity (Wildman–Crippen MR) is 85.5 cm³/mol. The van der Waals surface area contributed by atoms with Crippen molar-refractivity contribution in [1.29, 1.82) is 0 Å². The second kappa shape index (κ2) is 5.01. The minimum absolute atomic E-state index is 0.0488. The summed E-state index contributed by atoms with van der Waals surface area (Å²) < 4.78 is 8.35. The summed E-state index contributed by atoms with van der Waals surface area (Å²) in [4.78, 5) is 21.1. The van der Waals surface area contributed by atoms with Crippen LogP contribution in [-0.2, 0) is 11.3 Å². The molecule has 3 aromatic rings. The highest BCUT2D eigenvalue weighted by Crippen LogP contribution is 2.28. The van der Waals surface area contributed by atoms with Crippen LogP contribution in [0.15, 0.2) is 23.1 Å². The largest absolute Gasteiger partial charge is 0.376 e. The standard InChI is InChI=1S/C14H13N3O2S2/c18-13-11-10(9-4-1-5-15-12(9)21-11)16-14(20)17(13)7-8-3-2-6-19-8/h1,4-5,8H,2-3,6-7H2,(H,16,20)/t8-/m1/s1. The van der Waals surface area contributed by atoms with Gasteiger partial charge in [-0.25, -0.2) is 4.98 Å². The SMILES string of the molecule is O=c1c2sc3ncccc3c2[nH]c(=S)n1C[C@H]1CCCO1. The van der Waals surface area contributed by atoms with Gasteiger partial charge in [-0.05, 0) is 37.2 Å². The van der Waals surface area contributed by atoms with Gasteiger partial charge in [-0.1, -0.05) is 0 Å². The monoisotopic (exact) mass is 319 g/mol. The summed E-state index contributed by atoms with van der Waals surface area (Å²) in [5, 5.41) is 0.949. The maximum Gasteiger partial charge on any atom is 0.272 e. The van der Waals surface area contributed by atoms with Crippen LogP contribution in [0, 0.1) is 4.77 Å². The van der Waals surface area contributed by atoms with Crippen molar-refractivity contribution >= 4 is 44.0 Å².